The van der Waals surface area contributed by atoms with Crippen LogP contribution in [0.2, 0.25) is 0 Å². The lowest BCUT2D eigenvalue weighted by Crippen LogP contribution is -2.21. The van der Waals surface area contributed by atoms with Gasteiger partial charge in [-0.3, -0.25) is 0 Å². The fourth-order valence-electron chi connectivity index (χ4n) is 1.78. The Labute approximate surface area is 96.9 Å². The molecule has 0 amide bonds. The Morgan fingerprint density at radius 2 is 2.25 bits per heavy atom. The molecule has 0 saturated heterocycles. The summed E-state index contributed by atoms with van der Waals surface area (Å²) in [6.45, 7) is 6.89. The van der Waals surface area contributed by atoms with Crippen molar-refractivity contribution in [3.63, 3.8) is 0 Å². The standard InChI is InChI=1S/C13H19NO2/c1-13(2,3)11-5-6-12(16-4)10(7-11)8-14-9-15/h5,7,12H,6,8H2,1-4H3. The van der Waals surface area contributed by atoms with Crippen LogP contribution in [0.3, 0.4) is 0 Å². The van der Waals surface area contributed by atoms with Crippen molar-refractivity contribution >= 4 is 6.08 Å². The molecule has 0 aliphatic heterocycles. The Morgan fingerprint density at radius 3 is 2.75 bits per heavy atom. The predicted octanol–water partition coefficient (Wildman–Crippen LogP) is 2.64. The minimum atomic E-state index is 0.0446. The van der Waals surface area contributed by atoms with E-state index in [1.54, 1.807) is 13.2 Å². The number of hydrogen-bond donors (Lipinski definition) is 0. The van der Waals surface area contributed by atoms with Crippen LogP contribution in [0.4, 0.5) is 0 Å². The van der Waals surface area contributed by atoms with Gasteiger partial charge in [0, 0.05) is 7.11 Å². The molecule has 1 unspecified atom stereocenters. The number of aliphatic imine (C=N–C) groups is 1. The topological polar surface area (TPSA) is 38.7 Å². The van der Waals surface area contributed by atoms with E-state index in [1.165, 1.54) is 5.57 Å². The number of allylic oxidation sites excluding steroid dienone is 2. The van der Waals surface area contributed by atoms with E-state index >= 15 is 0 Å². The molecule has 3 heteroatoms. The summed E-state index contributed by atoms with van der Waals surface area (Å²) < 4.78 is 5.36. The Kier molecular flexibility index (Phi) is 4.22. The fourth-order valence-corrected chi connectivity index (χ4v) is 1.78. The second-order valence-corrected chi connectivity index (χ2v) is 5.00. The van der Waals surface area contributed by atoms with Crippen molar-refractivity contribution in [3.8, 4) is 0 Å². The minimum Gasteiger partial charge on any atom is -0.377 e. The average Bonchev–Trinajstić information content (AvgIpc) is 2.24. The summed E-state index contributed by atoms with van der Waals surface area (Å²) in [5.41, 5.74) is 2.45. The number of methoxy groups -OCH3 is 1. The number of ether oxygens (including phenoxy) is 1. The van der Waals surface area contributed by atoms with Crippen LogP contribution in [-0.2, 0) is 9.53 Å². The molecule has 0 heterocycles. The van der Waals surface area contributed by atoms with E-state index in [-0.39, 0.29) is 11.5 Å². The molecule has 0 fully saturated rings. The average molecular weight is 221 g/mol. The number of carbonyl (C=O) groups excluding carboxylic acids is 1. The highest BCUT2D eigenvalue weighted by Gasteiger charge is 2.23. The third-order valence-electron chi connectivity index (χ3n) is 2.78. The zero-order valence-corrected chi connectivity index (χ0v) is 10.4. The summed E-state index contributed by atoms with van der Waals surface area (Å²) in [6.07, 6.45) is 6.76. The quantitative estimate of drug-likeness (QED) is 0.543. The first-order chi connectivity index (χ1) is 7.49. The lowest BCUT2D eigenvalue weighted by Gasteiger charge is -2.28. The number of nitrogens with zero attached hydrogens (tertiary/aromatic N) is 1. The highest BCUT2D eigenvalue weighted by atomic mass is 16.5. The van der Waals surface area contributed by atoms with Crippen molar-refractivity contribution in [3.05, 3.63) is 23.3 Å². The Balaban J connectivity index is 2.92. The molecule has 88 valence electrons. The Morgan fingerprint density at radius 1 is 1.56 bits per heavy atom. The maximum Gasteiger partial charge on any atom is 0.235 e. The summed E-state index contributed by atoms with van der Waals surface area (Å²) in [4.78, 5) is 13.8. The summed E-state index contributed by atoms with van der Waals surface area (Å²) in [6, 6.07) is 0. The van der Waals surface area contributed by atoms with E-state index < -0.39 is 0 Å². The van der Waals surface area contributed by atoms with Crippen LogP contribution in [0.5, 0.6) is 0 Å². The van der Waals surface area contributed by atoms with E-state index in [0.717, 1.165) is 12.0 Å². The zero-order valence-electron chi connectivity index (χ0n) is 10.4. The number of hydrogen-bond acceptors (Lipinski definition) is 3. The van der Waals surface area contributed by atoms with Crippen LogP contribution in [0.15, 0.2) is 28.3 Å². The van der Waals surface area contributed by atoms with Gasteiger partial charge in [0.1, 0.15) is 0 Å². The maximum atomic E-state index is 10.1. The van der Waals surface area contributed by atoms with Crippen molar-refractivity contribution in [2.45, 2.75) is 33.3 Å². The molecule has 0 aromatic carbocycles. The zero-order chi connectivity index (χ0) is 12.2. The van der Waals surface area contributed by atoms with E-state index in [2.05, 4.69) is 37.9 Å². The molecule has 0 N–H and O–H groups in total. The van der Waals surface area contributed by atoms with Crippen LogP contribution in [-0.4, -0.2) is 25.8 Å². The van der Waals surface area contributed by atoms with Gasteiger partial charge in [-0.1, -0.05) is 32.9 Å². The van der Waals surface area contributed by atoms with Gasteiger partial charge in [-0.2, -0.15) is 0 Å². The second kappa shape index (κ2) is 5.24. The molecule has 0 spiro atoms. The van der Waals surface area contributed by atoms with E-state index in [9.17, 15) is 4.79 Å². The minimum absolute atomic E-state index is 0.0446. The van der Waals surface area contributed by atoms with E-state index in [1.807, 2.05) is 0 Å². The van der Waals surface area contributed by atoms with Crippen LogP contribution < -0.4 is 0 Å². The molecular weight excluding hydrogens is 202 g/mol. The summed E-state index contributed by atoms with van der Waals surface area (Å²) in [5.74, 6) is 0. The van der Waals surface area contributed by atoms with Gasteiger partial charge < -0.3 is 4.74 Å². The maximum absolute atomic E-state index is 10.1. The molecule has 0 saturated carbocycles. The first-order valence-electron chi connectivity index (χ1n) is 5.46. The molecule has 3 nitrogen and oxygen atoms in total. The molecule has 1 aliphatic carbocycles. The Hall–Kier alpha value is -1.18. The predicted molar refractivity (Wildman–Crippen MR) is 64.0 cm³/mol. The molecule has 1 aliphatic rings. The van der Waals surface area contributed by atoms with Crippen molar-refractivity contribution in [1.82, 2.24) is 0 Å². The monoisotopic (exact) mass is 221 g/mol. The highest BCUT2D eigenvalue weighted by molar-refractivity contribution is 5.38. The van der Waals surface area contributed by atoms with Gasteiger partial charge in [0.05, 0.1) is 12.6 Å². The van der Waals surface area contributed by atoms with Gasteiger partial charge in [0.15, 0.2) is 0 Å². The summed E-state index contributed by atoms with van der Waals surface area (Å²) in [7, 11) is 1.68. The first kappa shape index (κ1) is 12.9. The highest BCUT2D eigenvalue weighted by Crippen LogP contribution is 2.32. The number of isocyanates is 1. The molecule has 0 aromatic rings. The molecule has 0 bridgehead atoms. The molecule has 0 aromatic heterocycles. The van der Waals surface area contributed by atoms with Crippen molar-refractivity contribution in [1.29, 1.82) is 0 Å². The van der Waals surface area contributed by atoms with Gasteiger partial charge in [-0.25, -0.2) is 9.79 Å². The third kappa shape index (κ3) is 3.16. The fraction of sp³-hybridized carbons (Fsp3) is 0.615. The summed E-state index contributed by atoms with van der Waals surface area (Å²) in [5, 5.41) is 0. The van der Waals surface area contributed by atoms with Gasteiger partial charge in [0.2, 0.25) is 6.08 Å². The normalized spacial score (nSPS) is 20.9. The lowest BCUT2D eigenvalue weighted by molar-refractivity contribution is 0.131. The molecule has 1 atom stereocenters. The summed E-state index contributed by atoms with van der Waals surface area (Å²) >= 11 is 0. The van der Waals surface area contributed by atoms with Crippen molar-refractivity contribution in [2.75, 3.05) is 13.7 Å². The van der Waals surface area contributed by atoms with Gasteiger partial charge in [0.25, 0.3) is 0 Å². The van der Waals surface area contributed by atoms with Crippen LogP contribution >= 0.6 is 0 Å². The molecule has 1 rings (SSSR count). The van der Waals surface area contributed by atoms with E-state index in [0.29, 0.717) is 6.54 Å². The second-order valence-electron chi connectivity index (χ2n) is 5.00. The number of rotatable bonds is 3. The van der Waals surface area contributed by atoms with Crippen LogP contribution in [0.1, 0.15) is 27.2 Å². The molecular formula is C13H19NO2. The van der Waals surface area contributed by atoms with E-state index in [4.69, 9.17) is 4.74 Å². The lowest BCUT2D eigenvalue weighted by atomic mass is 9.81. The first-order valence-corrected chi connectivity index (χ1v) is 5.46. The SMILES string of the molecule is COC1CC=C(C(C)(C)C)C=C1CN=C=O. The largest absolute Gasteiger partial charge is 0.377 e. The van der Waals surface area contributed by atoms with Crippen LogP contribution in [0.25, 0.3) is 0 Å². The van der Waals surface area contributed by atoms with Gasteiger partial charge >= 0.3 is 0 Å². The smallest absolute Gasteiger partial charge is 0.235 e. The van der Waals surface area contributed by atoms with Gasteiger partial charge in [-0.15, -0.1) is 0 Å². The van der Waals surface area contributed by atoms with Crippen molar-refractivity contribution < 1.29 is 9.53 Å². The molecule has 0 radical (unpaired) electrons. The van der Waals surface area contributed by atoms with Gasteiger partial charge in [-0.05, 0) is 23.0 Å². The third-order valence-corrected chi connectivity index (χ3v) is 2.78. The van der Waals surface area contributed by atoms with Crippen molar-refractivity contribution in [2.24, 2.45) is 10.4 Å². The molecule has 16 heavy (non-hydrogen) atoms. The van der Waals surface area contributed by atoms with Crippen LogP contribution in [0, 0.1) is 5.41 Å². The Bertz CT molecular complexity index is 355.